The van der Waals surface area contributed by atoms with Gasteiger partial charge < -0.3 is 5.32 Å². The highest BCUT2D eigenvalue weighted by molar-refractivity contribution is 5.93. The van der Waals surface area contributed by atoms with Crippen LogP contribution in [0.5, 0.6) is 0 Å². The molecule has 138 valence electrons. The van der Waals surface area contributed by atoms with Gasteiger partial charge in [-0.3, -0.25) is 9.89 Å². The second-order valence-corrected chi connectivity index (χ2v) is 6.12. The lowest BCUT2D eigenvalue weighted by Crippen LogP contribution is -2.23. The third-order valence-corrected chi connectivity index (χ3v) is 4.19. The van der Waals surface area contributed by atoms with Gasteiger partial charge in [-0.15, -0.1) is 0 Å². The number of hydrogen-bond acceptors (Lipinski definition) is 4. The van der Waals surface area contributed by atoms with Crippen LogP contribution in [0.3, 0.4) is 0 Å². The van der Waals surface area contributed by atoms with E-state index in [1.165, 1.54) is 18.5 Å². The quantitative estimate of drug-likeness (QED) is 0.560. The Balaban J connectivity index is 1.43. The van der Waals surface area contributed by atoms with Gasteiger partial charge in [0, 0.05) is 11.1 Å². The van der Waals surface area contributed by atoms with Crippen LogP contribution < -0.4 is 5.32 Å². The molecule has 0 saturated carbocycles. The molecule has 6 nitrogen and oxygen atoms in total. The fourth-order valence-corrected chi connectivity index (χ4v) is 2.73. The Morgan fingerprint density at radius 1 is 0.929 bits per heavy atom. The molecule has 4 rings (SSSR count). The van der Waals surface area contributed by atoms with Gasteiger partial charge in [0.15, 0.2) is 0 Å². The molecule has 2 heterocycles. The maximum absolute atomic E-state index is 13.0. The molecular formula is C21H16FN5O. The molecule has 0 unspecified atom stereocenters. The van der Waals surface area contributed by atoms with Gasteiger partial charge >= 0.3 is 0 Å². The van der Waals surface area contributed by atoms with Crippen LogP contribution in [0.15, 0.2) is 73.1 Å². The molecule has 0 aliphatic heterocycles. The molecule has 0 aliphatic carbocycles. The standard InChI is InChI=1S/C21H16FN5O/c22-16-8-6-15(7-9-16)19-11-20(27-26-19)21(28)23-12-17-10-18(25-13-24-17)14-4-2-1-3-5-14/h1-11,13H,12H2,(H,23,28)(H,26,27). The molecule has 0 radical (unpaired) electrons. The first-order valence-electron chi connectivity index (χ1n) is 8.65. The summed E-state index contributed by atoms with van der Waals surface area (Å²) < 4.78 is 13.0. The molecule has 2 N–H and O–H groups in total. The fourth-order valence-electron chi connectivity index (χ4n) is 2.73. The highest BCUT2D eigenvalue weighted by atomic mass is 19.1. The second-order valence-electron chi connectivity index (χ2n) is 6.12. The number of aromatic amines is 1. The molecule has 7 heteroatoms. The third kappa shape index (κ3) is 3.93. The average Bonchev–Trinajstić information content (AvgIpc) is 3.24. The van der Waals surface area contributed by atoms with Crippen LogP contribution in [0.4, 0.5) is 4.39 Å². The summed E-state index contributed by atoms with van der Waals surface area (Å²) in [5, 5.41) is 9.62. The highest BCUT2D eigenvalue weighted by Gasteiger charge is 2.11. The van der Waals surface area contributed by atoms with E-state index in [1.807, 2.05) is 36.4 Å². The predicted octanol–water partition coefficient (Wildman–Crippen LogP) is 3.60. The molecule has 0 fully saturated rings. The molecule has 0 aliphatic rings. The van der Waals surface area contributed by atoms with Crippen LogP contribution >= 0.6 is 0 Å². The fraction of sp³-hybridized carbons (Fsp3) is 0.0476. The zero-order chi connectivity index (χ0) is 19.3. The average molecular weight is 373 g/mol. The largest absolute Gasteiger partial charge is 0.345 e. The number of H-pyrrole nitrogens is 1. The van der Waals surface area contributed by atoms with Gasteiger partial charge in [-0.1, -0.05) is 30.3 Å². The van der Waals surface area contributed by atoms with Crippen molar-refractivity contribution in [3.8, 4) is 22.5 Å². The molecule has 28 heavy (non-hydrogen) atoms. The van der Waals surface area contributed by atoms with Crippen LogP contribution in [0, 0.1) is 5.82 Å². The van der Waals surface area contributed by atoms with Gasteiger partial charge in [-0.25, -0.2) is 14.4 Å². The van der Waals surface area contributed by atoms with E-state index < -0.39 is 0 Å². The zero-order valence-electron chi connectivity index (χ0n) is 14.8. The monoisotopic (exact) mass is 373 g/mol. The van der Waals surface area contributed by atoms with Gasteiger partial charge in [-0.05, 0) is 36.4 Å². The number of amides is 1. The first-order valence-corrected chi connectivity index (χ1v) is 8.65. The van der Waals surface area contributed by atoms with Gasteiger partial charge in [0.2, 0.25) is 0 Å². The summed E-state index contributed by atoms with van der Waals surface area (Å²) in [5.41, 5.74) is 4.07. The van der Waals surface area contributed by atoms with Crippen LogP contribution in [0.25, 0.3) is 22.5 Å². The Morgan fingerprint density at radius 3 is 2.46 bits per heavy atom. The van der Waals surface area contributed by atoms with E-state index in [9.17, 15) is 9.18 Å². The molecule has 0 saturated heterocycles. The topological polar surface area (TPSA) is 83.6 Å². The minimum atomic E-state index is -0.322. The van der Waals surface area contributed by atoms with E-state index in [2.05, 4.69) is 25.5 Å². The van der Waals surface area contributed by atoms with Crippen LogP contribution in [-0.4, -0.2) is 26.1 Å². The number of rotatable bonds is 5. The van der Waals surface area contributed by atoms with E-state index in [0.717, 1.165) is 16.8 Å². The van der Waals surface area contributed by atoms with Crippen molar-refractivity contribution in [3.05, 3.63) is 90.3 Å². The number of nitrogens with one attached hydrogen (secondary N) is 2. The van der Waals surface area contributed by atoms with Crippen molar-refractivity contribution in [2.24, 2.45) is 0 Å². The number of benzene rings is 2. The van der Waals surface area contributed by atoms with E-state index >= 15 is 0 Å². The molecule has 0 bridgehead atoms. The van der Waals surface area contributed by atoms with Crippen LogP contribution in [0.2, 0.25) is 0 Å². The molecule has 1 amide bonds. The third-order valence-electron chi connectivity index (χ3n) is 4.19. The van der Waals surface area contributed by atoms with Crippen LogP contribution in [0.1, 0.15) is 16.2 Å². The summed E-state index contributed by atoms with van der Waals surface area (Å²) in [5.74, 6) is -0.627. The van der Waals surface area contributed by atoms with Gasteiger partial charge in [-0.2, -0.15) is 5.10 Å². The van der Waals surface area contributed by atoms with E-state index in [0.29, 0.717) is 17.1 Å². The summed E-state index contributed by atoms with van der Waals surface area (Å²) in [7, 11) is 0. The van der Waals surface area contributed by atoms with Crippen molar-refractivity contribution >= 4 is 5.91 Å². The number of hydrogen-bond donors (Lipinski definition) is 2. The van der Waals surface area contributed by atoms with E-state index in [-0.39, 0.29) is 18.3 Å². The molecule has 0 atom stereocenters. The molecule has 2 aromatic carbocycles. The second kappa shape index (κ2) is 7.79. The minimum absolute atomic E-state index is 0.256. The maximum Gasteiger partial charge on any atom is 0.269 e. The first-order chi connectivity index (χ1) is 13.7. The van der Waals surface area contributed by atoms with Crippen molar-refractivity contribution in [2.75, 3.05) is 0 Å². The van der Waals surface area contributed by atoms with Crippen molar-refractivity contribution in [3.63, 3.8) is 0 Å². The van der Waals surface area contributed by atoms with Gasteiger partial charge in [0.25, 0.3) is 5.91 Å². The highest BCUT2D eigenvalue weighted by Crippen LogP contribution is 2.18. The summed E-state index contributed by atoms with van der Waals surface area (Å²) in [4.78, 5) is 20.9. The Bertz CT molecular complexity index is 1090. The predicted molar refractivity (Wildman–Crippen MR) is 103 cm³/mol. The number of nitrogens with zero attached hydrogens (tertiary/aromatic N) is 3. The van der Waals surface area contributed by atoms with Gasteiger partial charge in [0.1, 0.15) is 17.8 Å². The summed E-state index contributed by atoms with van der Waals surface area (Å²) in [6.45, 7) is 0.256. The lowest BCUT2D eigenvalue weighted by Gasteiger charge is -2.05. The molecule has 4 aromatic rings. The van der Waals surface area contributed by atoms with Crippen molar-refractivity contribution < 1.29 is 9.18 Å². The van der Waals surface area contributed by atoms with Gasteiger partial charge in [0.05, 0.1) is 23.6 Å². The van der Waals surface area contributed by atoms with E-state index in [1.54, 1.807) is 18.2 Å². The summed E-state index contributed by atoms with van der Waals surface area (Å²) in [6.07, 6.45) is 1.48. The van der Waals surface area contributed by atoms with Crippen molar-refractivity contribution in [1.82, 2.24) is 25.5 Å². The Labute approximate surface area is 160 Å². The maximum atomic E-state index is 13.0. The number of aromatic nitrogens is 4. The minimum Gasteiger partial charge on any atom is -0.345 e. The molecule has 0 spiro atoms. The SMILES string of the molecule is O=C(NCc1cc(-c2ccccc2)ncn1)c1cc(-c2ccc(F)cc2)n[nH]1. The lowest BCUT2D eigenvalue weighted by atomic mass is 10.1. The summed E-state index contributed by atoms with van der Waals surface area (Å²) in [6, 6.07) is 19.1. The normalized spacial score (nSPS) is 10.6. The van der Waals surface area contributed by atoms with Crippen molar-refractivity contribution in [2.45, 2.75) is 6.54 Å². The number of carbonyl (C=O) groups excluding carboxylic acids is 1. The Morgan fingerprint density at radius 2 is 1.68 bits per heavy atom. The Kier molecular flexibility index (Phi) is 4.88. The molecule has 2 aromatic heterocycles. The Hall–Kier alpha value is -3.87. The number of carbonyl (C=O) groups is 1. The van der Waals surface area contributed by atoms with Crippen LogP contribution in [-0.2, 0) is 6.54 Å². The van der Waals surface area contributed by atoms with Crippen molar-refractivity contribution in [1.29, 1.82) is 0 Å². The lowest BCUT2D eigenvalue weighted by molar-refractivity contribution is 0.0945. The summed E-state index contributed by atoms with van der Waals surface area (Å²) >= 11 is 0. The smallest absolute Gasteiger partial charge is 0.269 e. The first kappa shape index (κ1) is 17.5. The zero-order valence-corrected chi connectivity index (χ0v) is 14.8. The molecular weight excluding hydrogens is 357 g/mol. The number of halogens is 1. The van der Waals surface area contributed by atoms with E-state index in [4.69, 9.17) is 0 Å².